The summed E-state index contributed by atoms with van der Waals surface area (Å²) in [5.41, 5.74) is 1.11. The maximum absolute atomic E-state index is 11.6. The van der Waals surface area contributed by atoms with Crippen LogP contribution in [-0.4, -0.2) is 56.8 Å². The number of carbonyl (C=O) groups is 1. The Morgan fingerprint density at radius 1 is 1.23 bits per heavy atom. The average Bonchev–Trinajstić information content (AvgIpc) is 3.04. The molecule has 0 N–H and O–H groups in total. The first-order valence-corrected chi connectivity index (χ1v) is 14.0. The third-order valence-electron chi connectivity index (χ3n) is 6.38. The molecule has 0 radical (unpaired) electrons. The molecule has 0 bridgehead atoms. The van der Waals surface area contributed by atoms with Gasteiger partial charge in [-0.2, -0.15) is 5.06 Å². The second kappa shape index (κ2) is 9.68. The molecule has 3 rings (SSSR count). The molecule has 0 amide bonds. The van der Waals surface area contributed by atoms with Crippen LogP contribution in [-0.2, 0) is 34.8 Å². The van der Waals surface area contributed by atoms with Crippen molar-refractivity contribution in [1.82, 2.24) is 5.06 Å². The van der Waals surface area contributed by atoms with Gasteiger partial charge < -0.3 is 18.6 Å². The summed E-state index contributed by atoms with van der Waals surface area (Å²) in [5.74, 6) is -0.361. The minimum absolute atomic E-state index is 0.0663. The first kappa shape index (κ1) is 24.4. The molecule has 1 aromatic carbocycles. The Kier molecular flexibility index (Phi) is 7.61. The normalized spacial score (nSPS) is 30.4. The lowest BCUT2D eigenvalue weighted by atomic mass is 10.0. The Morgan fingerprint density at radius 3 is 2.52 bits per heavy atom. The molecule has 1 aromatic rings. The van der Waals surface area contributed by atoms with E-state index < -0.39 is 14.6 Å². The van der Waals surface area contributed by atoms with Crippen LogP contribution in [0.2, 0.25) is 18.1 Å². The Balaban J connectivity index is 1.84. The van der Waals surface area contributed by atoms with Crippen LogP contribution >= 0.6 is 0 Å². The van der Waals surface area contributed by atoms with E-state index in [0.29, 0.717) is 19.6 Å². The number of esters is 1. The third kappa shape index (κ3) is 6.15. The molecule has 2 fully saturated rings. The van der Waals surface area contributed by atoms with Crippen LogP contribution in [0, 0.1) is 0 Å². The van der Waals surface area contributed by atoms with E-state index in [4.69, 9.17) is 23.5 Å². The number of nitrogens with zero attached hydrogens (tertiary/aromatic N) is 1. The summed E-state index contributed by atoms with van der Waals surface area (Å²) >= 11 is 0. The molecule has 5 atom stereocenters. The van der Waals surface area contributed by atoms with Gasteiger partial charge in [0.2, 0.25) is 6.29 Å². The summed E-state index contributed by atoms with van der Waals surface area (Å²) in [6.45, 7) is 15.4. The summed E-state index contributed by atoms with van der Waals surface area (Å²) in [5, 5.41) is 1.95. The van der Waals surface area contributed by atoms with E-state index in [-0.39, 0.29) is 35.5 Å². The van der Waals surface area contributed by atoms with E-state index in [2.05, 4.69) is 46.0 Å². The van der Waals surface area contributed by atoms with Gasteiger partial charge in [0.15, 0.2) is 14.6 Å². The molecule has 2 aliphatic heterocycles. The molecule has 174 valence electrons. The predicted molar refractivity (Wildman–Crippen MR) is 119 cm³/mol. The van der Waals surface area contributed by atoms with Gasteiger partial charge in [0.1, 0.15) is 6.10 Å². The van der Waals surface area contributed by atoms with Gasteiger partial charge in [0.25, 0.3) is 0 Å². The number of rotatable bonds is 6. The van der Waals surface area contributed by atoms with Gasteiger partial charge >= 0.3 is 5.97 Å². The highest BCUT2D eigenvalue weighted by atomic mass is 28.4. The first-order valence-electron chi connectivity index (χ1n) is 11.1. The molecule has 7 nitrogen and oxygen atoms in total. The first-order chi connectivity index (χ1) is 14.5. The van der Waals surface area contributed by atoms with Gasteiger partial charge in [-0.15, -0.1) is 0 Å². The van der Waals surface area contributed by atoms with E-state index in [0.717, 1.165) is 5.56 Å². The SMILES string of the molecule is CC(=O)O[C@@H]1C[C@@H]([C@@H]2O[C@H](C)OC[C@H]2O[Si](C)(C)C(C)(C)C)N(Cc2ccccc2)O1. The summed E-state index contributed by atoms with van der Waals surface area (Å²) in [7, 11) is -2.05. The molecule has 0 saturated carbocycles. The Bertz CT molecular complexity index is 737. The fraction of sp³-hybridized carbons (Fsp3) is 0.696. The molecular formula is C23H37NO6Si. The van der Waals surface area contributed by atoms with Crippen molar-refractivity contribution in [3.05, 3.63) is 35.9 Å². The third-order valence-corrected chi connectivity index (χ3v) is 10.9. The lowest BCUT2D eigenvalue weighted by Gasteiger charge is -2.45. The molecule has 2 saturated heterocycles. The van der Waals surface area contributed by atoms with E-state index >= 15 is 0 Å². The Morgan fingerprint density at radius 2 is 1.90 bits per heavy atom. The van der Waals surface area contributed by atoms with Crippen molar-refractivity contribution in [3.63, 3.8) is 0 Å². The average molecular weight is 452 g/mol. The van der Waals surface area contributed by atoms with E-state index in [1.54, 1.807) is 0 Å². The van der Waals surface area contributed by atoms with Crippen LogP contribution < -0.4 is 0 Å². The zero-order chi connectivity index (χ0) is 22.8. The van der Waals surface area contributed by atoms with Crippen LogP contribution in [0.5, 0.6) is 0 Å². The lowest BCUT2D eigenvalue weighted by molar-refractivity contribution is -0.281. The van der Waals surface area contributed by atoms with E-state index in [1.807, 2.05) is 30.2 Å². The molecule has 0 spiro atoms. The van der Waals surface area contributed by atoms with Crippen molar-refractivity contribution in [2.75, 3.05) is 6.61 Å². The van der Waals surface area contributed by atoms with Crippen molar-refractivity contribution in [2.24, 2.45) is 0 Å². The highest BCUT2D eigenvalue weighted by Crippen LogP contribution is 2.40. The van der Waals surface area contributed by atoms with Crippen molar-refractivity contribution >= 4 is 14.3 Å². The summed E-state index contributed by atoms with van der Waals surface area (Å²) in [6, 6.07) is 9.96. The highest BCUT2D eigenvalue weighted by Gasteiger charge is 2.49. The standard InChI is InChI=1S/C23H37NO6Si/c1-16(25)27-21-13-19(24(29-21)14-18-11-9-8-10-12-18)22-20(15-26-17(2)28-22)30-31(6,7)23(3,4)5/h8-12,17,19-22H,13-15H2,1-7H3/t17-,19+,20-,21+,22+/m1/s1. The van der Waals surface area contributed by atoms with Crippen LogP contribution in [0.25, 0.3) is 0 Å². The molecular weight excluding hydrogens is 414 g/mol. The maximum atomic E-state index is 11.6. The highest BCUT2D eigenvalue weighted by molar-refractivity contribution is 6.74. The van der Waals surface area contributed by atoms with Crippen LogP contribution in [0.15, 0.2) is 30.3 Å². The molecule has 0 aliphatic carbocycles. The van der Waals surface area contributed by atoms with Crippen LogP contribution in [0.1, 0.15) is 46.6 Å². The topological polar surface area (TPSA) is 66.5 Å². The zero-order valence-corrected chi connectivity index (χ0v) is 20.8. The van der Waals surface area contributed by atoms with Crippen LogP contribution in [0.3, 0.4) is 0 Å². The number of hydrogen-bond acceptors (Lipinski definition) is 7. The van der Waals surface area contributed by atoms with Crippen LogP contribution in [0.4, 0.5) is 0 Å². The Labute approximate surface area is 187 Å². The summed E-state index contributed by atoms with van der Waals surface area (Å²) < 4.78 is 24.2. The number of ether oxygens (including phenoxy) is 3. The fourth-order valence-electron chi connectivity index (χ4n) is 3.73. The van der Waals surface area contributed by atoms with Crippen molar-refractivity contribution in [2.45, 2.75) is 96.5 Å². The van der Waals surface area contributed by atoms with Gasteiger partial charge in [-0.3, -0.25) is 9.63 Å². The zero-order valence-electron chi connectivity index (χ0n) is 19.8. The van der Waals surface area contributed by atoms with Gasteiger partial charge in [-0.05, 0) is 30.6 Å². The maximum Gasteiger partial charge on any atom is 0.304 e. The smallest absolute Gasteiger partial charge is 0.304 e. The van der Waals surface area contributed by atoms with Crippen molar-refractivity contribution < 1.29 is 28.3 Å². The van der Waals surface area contributed by atoms with Crippen molar-refractivity contribution in [3.8, 4) is 0 Å². The summed E-state index contributed by atoms with van der Waals surface area (Å²) in [4.78, 5) is 17.6. The molecule has 2 heterocycles. The minimum atomic E-state index is -2.05. The molecule has 31 heavy (non-hydrogen) atoms. The number of benzene rings is 1. The van der Waals surface area contributed by atoms with Gasteiger partial charge in [0.05, 0.1) is 18.8 Å². The number of carbonyl (C=O) groups excluding carboxylic acids is 1. The van der Waals surface area contributed by atoms with Gasteiger partial charge in [-0.25, -0.2) is 0 Å². The van der Waals surface area contributed by atoms with E-state index in [1.165, 1.54) is 6.92 Å². The quantitative estimate of drug-likeness (QED) is 0.473. The molecule has 0 unspecified atom stereocenters. The second-order valence-electron chi connectivity index (χ2n) is 9.93. The minimum Gasteiger partial charge on any atom is -0.434 e. The monoisotopic (exact) mass is 451 g/mol. The largest absolute Gasteiger partial charge is 0.434 e. The summed E-state index contributed by atoms with van der Waals surface area (Å²) in [6.07, 6.45) is -0.944. The van der Waals surface area contributed by atoms with Crippen molar-refractivity contribution in [1.29, 1.82) is 0 Å². The number of hydrogen-bond donors (Lipinski definition) is 0. The second-order valence-corrected chi connectivity index (χ2v) is 14.7. The van der Waals surface area contributed by atoms with E-state index in [9.17, 15) is 4.79 Å². The molecule has 0 aromatic heterocycles. The molecule has 8 heteroatoms. The lowest BCUT2D eigenvalue weighted by Crippen LogP contribution is -2.57. The molecule has 2 aliphatic rings. The van der Waals surface area contributed by atoms with Gasteiger partial charge in [-0.1, -0.05) is 51.1 Å². The fourth-order valence-corrected chi connectivity index (χ4v) is 5.04. The Hall–Kier alpha value is -1.29. The van der Waals surface area contributed by atoms with Gasteiger partial charge in [0, 0.05) is 19.9 Å². The predicted octanol–water partition coefficient (Wildman–Crippen LogP) is 4.23. The number of hydroxylamine groups is 2.